The Balaban J connectivity index is 1.94. The first kappa shape index (κ1) is 11.5. The molecule has 0 radical (unpaired) electrons. The van der Waals surface area contributed by atoms with E-state index in [0.717, 1.165) is 0 Å². The van der Waals surface area contributed by atoms with Gasteiger partial charge in [-0.15, -0.1) is 0 Å². The fourth-order valence-corrected chi connectivity index (χ4v) is 1.96. The van der Waals surface area contributed by atoms with Crippen molar-refractivity contribution in [2.75, 3.05) is 6.61 Å². The molecule has 4 N–H and O–H groups in total. The molecular weight excluding hydrogens is 240 g/mol. The number of aromatic amines is 1. The summed E-state index contributed by atoms with van der Waals surface area (Å²) in [6.07, 6.45) is -1.51. The first-order chi connectivity index (χ1) is 8.66. The standard InChI is InChI=1S/C10H12N4O4/c15-5-2-18-8(7(17)6(5)16)10-13-4-1-11-3-12-9(4)14-10/h1,3,5-8,15-17H,2H2,(H,11,12,13,14)/t5-,6-,7-,8+/m0/s1. The van der Waals surface area contributed by atoms with Crippen LogP contribution in [0.3, 0.4) is 0 Å². The highest BCUT2D eigenvalue weighted by atomic mass is 16.5. The van der Waals surface area contributed by atoms with Crippen molar-refractivity contribution >= 4 is 11.2 Å². The van der Waals surface area contributed by atoms with E-state index >= 15 is 0 Å². The molecule has 0 bridgehead atoms. The minimum atomic E-state index is -1.26. The van der Waals surface area contributed by atoms with Crippen molar-refractivity contribution in [1.29, 1.82) is 0 Å². The number of hydrogen-bond acceptors (Lipinski definition) is 7. The van der Waals surface area contributed by atoms with Crippen molar-refractivity contribution in [2.24, 2.45) is 0 Å². The fraction of sp³-hybridized carbons (Fsp3) is 0.500. The third-order valence-electron chi connectivity index (χ3n) is 2.95. The number of aliphatic hydroxyl groups excluding tert-OH is 3. The summed E-state index contributed by atoms with van der Waals surface area (Å²) in [4.78, 5) is 14.9. The van der Waals surface area contributed by atoms with E-state index in [4.69, 9.17) is 4.74 Å². The van der Waals surface area contributed by atoms with Gasteiger partial charge in [-0.2, -0.15) is 0 Å². The number of aromatic nitrogens is 4. The van der Waals surface area contributed by atoms with Crippen LogP contribution >= 0.6 is 0 Å². The van der Waals surface area contributed by atoms with Gasteiger partial charge in [-0.1, -0.05) is 0 Å². The van der Waals surface area contributed by atoms with Crippen LogP contribution in [-0.2, 0) is 4.74 Å². The lowest BCUT2D eigenvalue weighted by Crippen LogP contribution is -2.49. The van der Waals surface area contributed by atoms with E-state index in [9.17, 15) is 15.3 Å². The second kappa shape index (κ2) is 4.25. The zero-order valence-electron chi connectivity index (χ0n) is 9.26. The molecule has 1 saturated heterocycles. The molecule has 3 heterocycles. The number of aliphatic hydroxyl groups is 3. The highest BCUT2D eigenvalue weighted by Gasteiger charge is 2.39. The number of imidazole rings is 1. The van der Waals surface area contributed by atoms with Crippen molar-refractivity contribution in [3.8, 4) is 0 Å². The number of hydrogen-bond donors (Lipinski definition) is 4. The number of fused-ring (bicyclic) bond motifs is 1. The molecule has 0 amide bonds. The average molecular weight is 252 g/mol. The molecule has 1 aliphatic rings. The second-order valence-electron chi connectivity index (χ2n) is 4.18. The summed E-state index contributed by atoms with van der Waals surface area (Å²) in [7, 11) is 0. The van der Waals surface area contributed by atoms with E-state index in [1.165, 1.54) is 6.33 Å². The molecule has 0 aliphatic carbocycles. The number of H-pyrrole nitrogens is 1. The third kappa shape index (κ3) is 1.75. The monoisotopic (exact) mass is 252 g/mol. The molecule has 2 aromatic heterocycles. The lowest BCUT2D eigenvalue weighted by atomic mass is 10.00. The van der Waals surface area contributed by atoms with E-state index in [2.05, 4.69) is 19.9 Å². The maximum absolute atomic E-state index is 9.86. The largest absolute Gasteiger partial charge is 0.388 e. The minimum absolute atomic E-state index is 0.0639. The van der Waals surface area contributed by atoms with Crippen molar-refractivity contribution in [3.05, 3.63) is 18.3 Å². The van der Waals surface area contributed by atoms with E-state index in [1.807, 2.05) is 0 Å². The van der Waals surface area contributed by atoms with Crippen molar-refractivity contribution < 1.29 is 20.1 Å². The zero-order chi connectivity index (χ0) is 12.7. The Morgan fingerprint density at radius 1 is 1.28 bits per heavy atom. The predicted octanol–water partition coefficient (Wildman–Crippen LogP) is -1.49. The number of rotatable bonds is 1. The van der Waals surface area contributed by atoms with Crippen LogP contribution < -0.4 is 0 Å². The van der Waals surface area contributed by atoms with Crippen LogP contribution in [0.5, 0.6) is 0 Å². The molecule has 0 unspecified atom stereocenters. The van der Waals surface area contributed by atoms with Crippen LogP contribution in [0.1, 0.15) is 11.9 Å². The summed E-state index contributed by atoms with van der Waals surface area (Å²) in [5.74, 6) is 0.351. The molecule has 4 atom stereocenters. The Labute approximate surface area is 101 Å². The van der Waals surface area contributed by atoms with Crippen LogP contribution in [-0.4, -0.2) is 60.2 Å². The van der Waals surface area contributed by atoms with Gasteiger partial charge in [-0.05, 0) is 0 Å². The number of ether oxygens (including phenoxy) is 1. The van der Waals surface area contributed by atoms with Crippen LogP contribution in [0.15, 0.2) is 12.5 Å². The fourth-order valence-electron chi connectivity index (χ4n) is 1.96. The van der Waals surface area contributed by atoms with Gasteiger partial charge in [-0.3, -0.25) is 0 Å². The predicted molar refractivity (Wildman–Crippen MR) is 58.4 cm³/mol. The van der Waals surface area contributed by atoms with Crippen LogP contribution in [0.25, 0.3) is 11.2 Å². The van der Waals surface area contributed by atoms with Crippen molar-refractivity contribution in [1.82, 2.24) is 19.9 Å². The quantitative estimate of drug-likeness (QED) is 0.487. The summed E-state index contributed by atoms with van der Waals surface area (Å²) >= 11 is 0. The summed E-state index contributed by atoms with van der Waals surface area (Å²) in [5.41, 5.74) is 1.07. The Morgan fingerprint density at radius 2 is 2.11 bits per heavy atom. The first-order valence-corrected chi connectivity index (χ1v) is 5.48. The molecule has 0 aromatic carbocycles. The Morgan fingerprint density at radius 3 is 2.89 bits per heavy atom. The average Bonchev–Trinajstić information content (AvgIpc) is 2.79. The molecule has 8 heteroatoms. The minimum Gasteiger partial charge on any atom is -0.388 e. The van der Waals surface area contributed by atoms with Gasteiger partial charge in [0.05, 0.1) is 12.8 Å². The Hall–Kier alpha value is -1.61. The lowest BCUT2D eigenvalue weighted by Gasteiger charge is -2.34. The summed E-state index contributed by atoms with van der Waals surface area (Å²) in [5, 5.41) is 28.8. The van der Waals surface area contributed by atoms with Crippen LogP contribution in [0.4, 0.5) is 0 Å². The first-order valence-electron chi connectivity index (χ1n) is 5.48. The van der Waals surface area contributed by atoms with Gasteiger partial charge in [0.2, 0.25) is 0 Å². The lowest BCUT2D eigenvalue weighted by molar-refractivity contribution is -0.191. The molecule has 0 spiro atoms. The molecule has 2 aromatic rings. The van der Waals surface area contributed by atoms with Crippen molar-refractivity contribution in [3.63, 3.8) is 0 Å². The van der Waals surface area contributed by atoms with Gasteiger partial charge in [0.25, 0.3) is 0 Å². The molecular formula is C10H12N4O4. The second-order valence-corrected chi connectivity index (χ2v) is 4.18. The molecule has 18 heavy (non-hydrogen) atoms. The van der Waals surface area contributed by atoms with E-state index in [-0.39, 0.29) is 6.61 Å². The normalized spacial score (nSPS) is 32.8. The maximum atomic E-state index is 9.86. The van der Waals surface area contributed by atoms with Crippen LogP contribution in [0.2, 0.25) is 0 Å². The SMILES string of the molecule is O[C@@H]1[C@H](O)[C@H](c2nc3ncncc3[nH]2)OC[C@@H]1O. The highest BCUT2D eigenvalue weighted by molar-refractivity contribution is 5.68. The summed E-state index contributed by atoms with van der Waals surface area (Å²) in [6, 6.07) is 0. The zero-order valence-corrected chi connectivity index (χ0v) is 9.26. The van der Waals surface area contributed by atoms with Crippen LogP contribution in [0, 0.1) is 0 Å². The Bertz CT molecular complexity index is 527. The third-order valence-corrected chi connectivity index (χ3v) is 2.95. The molecule has 3 rings (SSSR count). The van der Waals surface area contributed by atoms with Gasteiger partial charge in [0.15, 0.2) is 5.65 Å². The smallest absolute Gasteiger partial charge is 0.180 e. The maximum Gasteiger partial charge on any atom is 0.180 e. The summed E-state index contributed by atoms with van der Waals surface area (Å²) < 4.78 is 5.29. The molecule has 1 fully saturated rings. The van der Waals surface area contributed by atoms with Gasteiger partial charge in [0.1, 0.15) is 42.1 Å². The van der Waals surface area contributed by atoms with Gasteiger partial charge in [-0.25, -0.2) is 15.0 Å². The molecule has 96 valence electrons. The Kier molecular flexibility index (Phi) is 2.71. The van der Waals surface area contributed by atoms with E-state index in [0.29, 0.717) is 17.0 Å². The van der Waals surface area contributed by atoms with E-state index < -0.39 is 24.4 Å². The number of nitrogens with one attached hydrogen (secondary N) is 1. The van der Waals surface area contributed by atoms with Gasteiger partial charge < -0.3 is 25.0 Å². The summed E-state index contributed by atoms with van der Waals surface area (Å²) in [6.45, 7) is -0.0639. The van der Waals surface area contributed by atoms with E-state index in [1.54, 1.807) is 6.20 Å². The van der Waals surface area contributed by atoms with Gasteiger partial charge >= 0.3 is 0 Å². The van der Waals surface area contributed by atoms with Gasteiger partial charge in [0, 0.05) is 0 Å². The number of nitrogens with zero attached hydrogens (tertiary/aromatic N) is 3. The van der Waals surface area contributed by atoms with Crippen molar-refractivity contribution in [2.45, 2.75) is 24.4 Å². The highest BCUT2D eigenvalue weighted by Crippen LogP contribution is 2.27. The topological polar surface area (TPSA) is 124 Å². The molecule has 0 saturated carbocycles. The molecule has 1 aliphatic heterocycles. The molecule has 8 nitrogen and oxygen atoms in total.